The van der Waals surface area contributed by atoms with Gasteiger partial charge < -0.3 is 9.15 Å². The number of carbonyl (C=O) groups is 1. The molecule has 144 valence electrons. The molecule has 5 rings (SSSR count). The van der Waals surface area contributed by atoms with Crippen LogP contribution in [0.2, 0.25) is 0 Å². The Hall–Kier alpha value is -2.88. The minimum atomic E-state index is -0.642. The first-order valence-electron chi connectivity index (χ1n) is 8.71. The summed E-state index contributed by atoms with van der Waals surface area (Å²) in [4.78, 5) is 19.5. The van der Waals surface area contributed by atoms with Crippen molar-refractivity contribution in [2.24, 2.45) is 0 Å². The van der Waals surface area contributed by atoms with E-state index in [2.05, 4.69) is 15.2 Å². The third kappa shape index (κ3) is 3.59. The Morgan fingerprint density at radius 2 is 1.93 bits per heavy atom. The molecule has 4 heterocycles. The van der Waals surface area contributed by atoms with Crippen molar-refractivity contribution in [3.8, 4) is 20.7 Å². The van der Waals surface area contributed by atoms with Gasteiger partial charge in [-0.1, -0.05) is 18.2 Å². The van der Waals surface area contributed by atoms with Crippen LogP contribution in [0, 0.1) is 0 Å². The number of thiazole rings is 1. The molecule has 0 amide bonds. The number of hydrogen-bond acceptors (Lipinski definition) is 9. The van der Waals surface area contributed by atoms with Gasteiger partial charge in [0, 0.05) is 0 Å². The molecular weight excluding hydrogens is 426 g/mol. The van der Waals surface area contributed by atoms with Crippen molar-refractivity contribution >= 4 is 50.2 Å². The summed E-state index contributed by atoms with van der Waals surface area (Å²) in [6.07, 6.45) is -0.642. The van der Waals surface area contributed by atoms with E-state index in [1.54, 1.807) is 24.3 Å². The third-order valence-electron chi connectivity index (χ3n) is 4.12. The van der Waals surface area contributed by atoms with Crippen molar-refractivity contribution in [1.29, 1.82) is 0 Å². The van der Waals surface area contributed by atoms with Crippen LogP contribution in [-0.2, 0) is 4.74 Å². The van der Waals surface area contributed by atoms with Gasteiger partial charge in [-0.05, 0) is 42.6 Å². The van der Waals surface area contributed by atoms with E-state index in [4.69, 9.17) is 9.15 Å². The summed E-state index contributed by atoms with van der Waals surface area (Å²) in [5.41, 5.74) is 0.955. The van der Waals surface area contributed by atoms with Crippen LogP contribution in [0.5, 0.6) is 0 Å². The molecule has 1 aromatic carbocycles. The normalized spacial score (nSPS) is 12.3. The van der Waals surface area contributed by atoms with Crippen LogP contribution in [-0.4, -0.2) is 21.2 Å². The lowest BCUT2D eigenvalue weighted by atomic mass is 10.3. The highest BCUT2D eigenvalue weighted by atomic mass is 32.1. The molecule has 4 aromatic heterocycles. The fourth-order valence-electron chi connectivity index (χ4n) is 2.71. The molecule has 0 aliphatic heterocycles. The Labute approximate surface area is 177 Å². The smallest absolute Gasteiger partial charge is 0.349 e. The second kappa shape index (κ2) is 7.51. The van der Waals surface area contributed by atoms with Crippen molar-refractivity contribution in [3.63, 3.8) is 0 Å². The number of rotatable bonds is 5. The van der Waals surface area contributed by atoms with E-state index in [1.807, 2.05) is 47.8 Å². The number of nitrogens with zero attached hydrogens (tertiary/aromatic N) is 3. The van der Waals surface area contributed by atoms with Gasteiger partial charge in [-0.2, -0.15) is 0 Å². The highest BCUT2D eigenvalue weighted by molar-refractivity contribution is 7.26. The first-order valence-corrected chi connectivity index (χ1v) is 11.2. The van der Waals surface area contributed by atoms with Crippen LogP contribution in [0.15, 0.2) is 58.3 Å². The van der Waals surface area contributed by atoms with Gasteiger partial charge in [-0.3, -0.25) is 0 Å². The van der Waals surface area contributed by atoms with Crippen molar-refractivity contribution in [3.05, 3.63) is 64.7 Å². The van der Waals surface area contributed by atoms with Gasteiger partial charge in [0.2, 0.25) is 0 Å². The number of fused-ring (bicyclic) bond motifs is 1. The molecule has 0 saturated carbocycles. The van der Waals surface area contributed by atoms with Gasteiger partial charge in [0.25, 0.3) is 11.8 Å². The standard InChI is InChI=1S/C20H13N3O3S3/c1-11(17-22-23-18(26-17)14-7-4-10-27-14)25-20(24)16-9-8-15(28-16)19-21-12-5-2-3-6-13(12)29-19/h2-11H,1H3. The summed E-state index contributed by atoms with van der Waals surface area (Å²) in [6, 6.07) is 15.4. The number of thiophene rings is 2. The maximum atomic E-state index is 12.6. The van der Waals surface area contributed by atoms with E-state index in [1.165, 1.54) is 22.7 Å². The maximum Gasteiger partial charge on any atom is 0.349 e. The molecule has 0 bridgehead atoms. The largest absolute Gasteiger partial charge is 0.448 e. The molecule has 1 atom stereocenters. The first-order chi connectivity index (χ1) is 14.2. The molecular formula is C20H13N3O3S3. The van der Waals surface area contributed by atoms with Gasteiger partial charge in [0.1, 0.15) is 9.88 Å². The molecule has 0 spiro atoms. The zero-order chi connectivity index (χ0) is 19.8. The lowest BCUT2D eigenvalue weighted by Crippen LogP contribution is -2.08. The molecule has 0 fully saturated rings. The van der Waals surface area contributed by atoms with Gasteiger partial charge in [-0.15, -0.1) is 44.2 Å². The second-order valence-corrected chi connectivity index (χ2v) is 9.18. The van der Waals surface area contributed by atoms with Crippen LogP contribution >= 0.6 is 34.0 Å². The maximum absolute atomic E-state index is 12.6. The number of ether oxygens (including phenoxy) is 1. The van der Waals surface area contributed by atoms with Gasteiger partial charge in [-0.25, -0.2) is 9.78 Å². The van der Waals surface area contributed by atoms with E-state index in [0.29, 0.717) is 10.8 Å². The molecule has 0 saturated heterocycles. The van der Waals surface area contributed by atoms with E-state index >= 15 is 0 Å². The summed E-state index contributed by atoms with van der Waals surface area (Å²) in [5.74, 6) is 0.266. The van der Waals surface area contributed by atoms with Crippen LogP contribution in [0.1, 0.15) is 28.6 Å². The predicted octanol–water partition coefficient (Wildman–Crippen LogP) is 6.05. The first kappa shape index (κ1) is 18.2. The van der Waals surface area contributed by atoms with Crippen molar-refractivity contribution < 1.29 is 13.9 Å². The summed E-state index contributed by atoms with van der Waals surface area (Å²) in [6.45, 7) is 1.71. The van der Waals surface area contributed by atoms with Gasteiger partial charge in [0.05, 0.1) is 20.0 Å². The van der Waals surface area contributed by atoms with Crippen molar-refractivity contribution in [1.82, 2.24) is 15.2 Å². The highest BCUT2D eigenvalue weighted by Gasteiger charge is 2.22. The van der Waals surface area contributed by atoms with Gasteiger partial charge in [0.15, 0.2) is 6.10 Å². The summed E-state index contributed by atoms with van der Waals surface area (Å²) < 4.78 is 12.3. The summed E-state index contributed by atoms with van der Waals surface area (Å²) in [5, 5.41) is 10.8. The fourth-order valence-corrected chi connectivity index (χ4v) is 5.26. The van der Waals surface area contributed by atoms with Crippen LogP contribution in [0.3, 0.4) is 0 Å². The SMILES string of the molecule is CC(OC(=O)c1ccc(-c2nc3ccccc3s2)s1)c1nnc(-c2cccs2)o1. The molecule has 1 unspecified atom stereocenters. The molecule has 0 aliphatic rings. The Kier molecular flexibility index (Phi) is 4.70. The number of para-hydroxylation sites is 1. The van der Waals surface area contributed by atoms with Crippen molar-refractivity contribution in [2.45, 2.75) is 13.0 Å². The highest BCUT2D eigenvalue weighted by Crippen LogP contribution is 2.35. The van der Waals surface area contributed by atoms with E-state index < -0.39 is 12.1 Å². The van der Waals surface area contributed by atoms with E-state index in [0.717, 1.165) is 25.0 Å². The topological polar surface area (TPSA) is 78.1 Å². The number of aromatic nitrogens is 3. The number of hydrogen-bond donors (Lipinski definition) is 0. The van der Waals surface area contributed by atoms with Crippen LogP contribution < -0.4 is 0 Å². The third-order valence-corrected chi connectivity index (χ3v) is 7.24. The number of esters is 1. The minimum Gasteiger partial charge on any atom is -0.448 e. The minimum absolute atomic E-state index is 0.268. The fraction of sp³-hybridized carbons (Fsp3) is 0.100. The molecule has 0 N–H and O–H groups in total. The monoisotopic (exact) mass is 439 g/mol. The lowest BCUT2D eigenvalue weighted by Gasteiger charge is -2.07. The summed E-state index contributed by atoms with van der Waals surface area (Å²) >= 11 is 4.47. The molecule has 5 aromatic rings. The second-order valence-electron chi connectivity index (χ2n) is 6.12. The summed E-state index contributed by atoms with van der Waals surface area (Å²) in [7, 11) is 0. The lowest BCUT2D eigenvalue weighted by molar-refractivity contribution is 0.0286. The zero-order valence-corrected chi connectivity index (χ0v) is 17.5. The Balaban J connectivity index is 1.31. The Morgan fingerprint density at radius 1 is 1.03 bits per heavy atom. The Morgan fingerprint density at radius 3 is 2.76 bits per heavy atom. The van der Waals surface area contributed by atoms with Crippen LogP contribution in [0.25, 0.3) is 30.9 Å². The molecule has 0 radical (unpaired) electrons. The average Bonchev–Trinajstić information content (AvgIpc) is 3.53. The zero-order valence-electron chi connectivity index (χ0n) is 15.1. The van der Waals surface area contributed by atoms with Crippen LogP contribution in [0.4, 0.5) is 0 Å². The van der Waals surface area contributed by atoms with Gasteiger partial charge >= 0.3 is 5.97 Å². The number of benzene rings is 1. The molecule has 0 aliphatic carbocycles. The average molecular weight is 440 g/mol. The van der Waals surface area contributed by atoms with E-state index in [-0.39, 0.29) is 5.89 Å². The predicted molar refractivity (Wildman–Crippen MR) is 114 cm³/mol. The van der Waals surface area contributed by atoms with E-state index in [9.17, 15) is 4.79 Å². The molecule has 29 heavy (non-hydrogen) atoms. The Bertz CT molecular complexity index is 1250. The molecule has 6 nitrogen and oxygen atoms in total. The van der Waals surface area contributed by atoms with Crippen molar-refractivity contribution in [2.75, 3.05) is 0 Å². The molecule has 9 heteroatoms. The quantitative estimate of drug-likeness (QED) is 0.310. The number of carbonyl (C=O) groups excluding carboxylic acids is 1.